The summed E-state index contributed by atoms with van der Waals surface area (Å²) < 4.78 is 0. The molecule has 1 aromatic rings. The highest BCUT2D eigenvalue weighted by Crippen LogP contribution is 2.07. The van der Waals surface area contributed by atoms with Crippen LogP contribution in [0.4, 0.5) is 0 Å². The number of nitrogens with zero attached hydrogens (tertiary/aromatic N) is 2. The highest BCUT2D eigenvalue weighted by molar-refractivity contribution is 14.0. The van der Waals surface area contributed by atoms with E-state index in [-0.39, 0.29) is 24.0 Å². The van der Waals surface area contributed by atoms with Crippen molar-refractivity contribution < 1.29 is 0 Å². The molecule has 5 heteroatoms. The van der Waals surface area contributed by atoms with Gasteiger partial charge in [0, 0.05) is 19.6 Å². The van der Waals surface area contributed by atoms with Gasteiger partial charge in [-0.3, -0.25) is 0 Å². The quantitative estimate of drug-likeness (QED) is 0.271. The molecule has 2 N–H and O–H groups in total. The molecule has 0 spiro atoms. The minimum atomic E-state index is 0. The van der Waals surface area contributed by atoms with Gasteiger partial charge in [-0.05, 0) is 38.6 Å². The lowest BCUT2D eigenvalue weighted by molar-refractivity contribution is 0.402. The van der Waals surface area contributed by atoms with Gasteiger partial charge >= 0.3 is 0 Å². The van der Waals surface area contributed by atoms with E-state index in [1.165, 1.54) is 30.4 Å². The van der Waals surface area contributed by atoms with E-state index >= 15 is 0 Å². The van der Waals surface area contributed by atoms with E-state index in [9.17, 15) is 0 Å². The SMILES string of the molecule is CCCCCNC(=NCc1ccc(CN(C)C)cc1)NCC.I. The summed E-state index contributed by atoms with van der Waals surface area (Å²) in [5, 5.41) is 6.69. The first-order chi connectivity index (χ1) is 10.7. The molecule has 4 nitrogen and oxygen atoms in total. The molecular formula is C18H33IN4. The van der Waals surface area contributed by atoms with Crippen LogP contribution in [0.1, 0.15) is 44.2 Å². The van der Waals surface area contributed by atoms with Crippen molar-refractivity contribution in [2.24, 2.45) is 4.99 Å². The van der Waals surface area contributed by atoms with E-state index in [1.54, 1.807) is 0 Å². The van der Waals surface area contributed by atoms with Gasteiger partial charge in [-0.2, -0.15) is 0 Å². The molecule has 0 aromatic heterocycles. The van der Waals surface area contributed by atoms with Crippen molar-refractivity contribution in [1.82, 2.24) is 15.5 Å². The van der Waals surface area contributed by atoms with Crippen molar-refractivity contribution in [2.45, 2.75) is 46.2 Å². The molecule has 0 amide bonds. The van der Waals surface area contributed by atoms with E-state index in [4.69, 9.17) is 0 Å². The van der Waals surface area contributed by atoms with E-state index in [2.05, 4.69) is 72.7 Å². The first-order valence-electron chi connectivity index (χ1n) is 8.40. The molecule has 0 aliphatic rings. The van der Waals surface area contributed by atoms with E-state index in [0.29, 0.717) is 6.54 Å². The van der Waals surface area contributed by atoms with Crippen LogP contribution in [0.5, 0.6) is 0 Å². The van der Waals surface area contributed by atoms with Gasteiger partial charge in [0.1, 0.15) is 0 Å². The van der Waals surface area contributed by atoms with Gasteiger partial charge in [0.25, 0.3) is 0 Å². The van der Waals surface area contributed by atoms with Gasteiger partial charge < -0.3 is 15.5 Å². The lowest BCUT2D eigenvalue weighted by Gasteiger charge is -2.12. The average Bonchev–Trinajstić information content (AvgIpc) is 2.50. The summed E-state index contributed by atoms with van der Waals surface area (Å²) in [6.07, 6.45) is 3.70. The number of guanidine groups is 1. The molecule has 132 valence electrons. The molecule has 0 aliphatic heterocycles. The summed E-state index contributed by atoms with van der Waals surface area (Å²) in [6.45, 7) is 7.89. The Bertz CT molecular complexity index is 429. The Labute approximate surface area is 159 Å². The molecule has 0 heterocycles. The third-order valence-corrected chi connectivity index (χ3v) is 3.36. The van der Waals surface area contributed by atoms with Crippen LogP contribution in [0, 0.1) is 0 Å². The van der Waals surface area contributed by atoms with Crippen molar-refractivity contribution in [3.05, 3.63) is 35.4 Å². The smallest absolute Gasteiger partial charge is 0.191 e. The van der Waals surface area contributed by atoms with Crippen LogP contribution in [-0.2, 0) is 13.1 Å². The summed E-state index contributed by atoms with van der Waals surface area (Å²) in [5.74, 6) is 0.913. The standard InChI is InChI=1S/C18H32N4.HI/c1-5-7-8-13-20-18(19-6-2)21-14-16-9-11-17(12-10-16)15-22(3)4;/h9-12H,5-8,13-15H2,1-4H3,(H2,19,20,21);1H. The van der Waals surface area contributed by atoms with E-state index in [0.717, 1.165) is 25.6 Å². The first kappa shape index (κ1) is 22.2. The second-order valence-corrected chi connectivity index (χ2v) is 5.88. The Morgan fingerprint density at radius 2 is 1.65 bits per heavy atom. The Morgan fingerprint density at radius 3 is 2.22 bits per heavy atom. The zero-order valence-electron chi connectivity index (χ0n) is 15.1. The Hall–Kier alpha value is -0.820. The van der Waals surface area contributed by atoms with Crippen molar-refractivity contribution in [3.63, 3.8) is 0 Å². The van der Waals surface area contributed by atoms with Gasteiger partial charge in [0.05, 0.1) is 6.54 Å². The Morgan fingerprint density at radius 1 is 1.00 bits per heavy atom. The van der Waals surface area contributed by atoms with E-state index in [1.807, 2.05) is 0 Å². The van der Waals surface area contributed by atoms with Gasteiger partial charge in [0.2, 0.25) is 0 Å². The van der Waals surface area contributed by atoms with Crippen molar-refractivity contribution in [2.75, 3.05) is 27.2 Å². The van der Waals surface area contributed by atoms with Crippen LogP contribution in [0.15, 0.2) is 29.3 Å². The average molecular weight is 432 g/mol. The number of hydrogen-bond acceptors (Lipinski definition) is 2. The number of halogens is 1. The van der Waals surface area contributed by atoms with Gasteiger partial charge in [0.15, 0.2) is 5.96 Å². The summed E-state index contributed by atoms with van der Waals surface area (Å²) in [6, 6.07) is 8.71. The second-order valence-electron chi connectivity index (χ2n) is 5.88. The van der Waals surface area contributed by atoms with Crippen molar-refractivity contribution in [3.8, 4) is 0 Å². The molecule has 1 rings (SSSR count). The van der Waals surface area contributed by atoms with Crippen LogP contribution in [0.2, 0.25) is 0 Å². The summed E-state index contributed by atoms with van der Waals surface area (Å²) in [4.78, 5) is 6.83. The number of benzene rings is 1. The van der Waals surface area contributed by atoms with Gasteiger partial charge in [-0.1, -0.05) is 44.0 Å². The molecule has 1 aromatic carbocycles. The van der Waals surface area contributed by atoms with Gasteiger partial charge in [-0.25, -0.2) is 4.99 Å². The molecule has 0 bridgehead atoms. The first-order valence-corrected chi connectivity index (χ1v) is 8.40. The number of hydrogen-bond donors (Lipinski definition) is 2. The lowest BCUT2D eigenvalue weighted by Crippen LogP contribution is -2.37. The largest absolute Gasteiger partial charge is 0.357 e. The van der Waals surface area contributed by atoms with Crippen LogP contribution >= 0.6 is 24.0 Å². The fraction of sp³-hybridized carbons (Fsp3) is 0.611. The summed E-state index contributed by atoms with van der Waals surface area (Å²) in [5.41, 5.74) is 2.58. The zero-order valence-corrected chi connectivity index (χ0v) is 17.4. The second kappa shape index (κ2) is 13.6. The molecule has 23 heavy (non-hydrogen) atoms. The normalized spacial score (nSPS) is 11.3. The number of rotatable bonds is 9. The molecule has 0 fully saturated rings. The molecule has 0 unspecified atom stereocenters. The maximum absolute atomic E-state index is 4.66. The summed E-state index contributed by atoms with van der Waals surface area (Å²) in [7, 11) is 4.18. The third-order valence-electron chi connectivity index (χ3n) is 3.36. The number of aliphatic imine (C=N–C) groups is 1. The molecule has 0 saturated heterocycles. The van der Waals surface area contributed by atoms with Crippen LogP contribution in [0.25, 0.3) is 0 Å². The monoisotopic (exact) mass is 432 g/mol. The third kappa shape index (κ3) is 10.5. The minimum absolute atomic E-state index is 0. The maximum Gasteiger partial charge on any atom is 0.191 e. The van der Waals surface area contributed by atoms with Crippen molar-refractivity contribution >= 4 is 29.9 Å². The fourth-order valence-corrected chi connectivity index (χ4v) is 2.21. The van der Waals surface area contributed by atoms with Gasteiger partial charge in [-0.15, -0.1) is 24.0 Å². The number of nitrogens with one attached hydrogen (secondary N) is 2. The fourth-order valence-electron chi connectivity index (χ4n) is 2.21. The molecule has 0 radical (unpaired) electrons. The molecular weight excluding hydrogens is 399 g/mol. The van der Waals surface area contributed by atoms with Crippen LogP contribution in [-0.4, -0.2) is 38.0 Å². The van der Waals surface area contributed by atoms with Crippen LogP contribution in [0.3, 0.4) is 0 Å². The predicted molar refractivity (Wildman–Crippen MR) is 112 cm³/mol. The topological polar surface area (TPSA) is 39.7 Å². The summed E-state index contributed by atoms with van der Waals surface area (Å²) >= 11 is 0. The highest BCUT2D eigenvalue weighted by atomic mass is 127. The van der Waals surface area contributed by atoms with Crippen LogP contribution < -0.4 is 10.6 Å². The van der Waals surface area contributed by atoms with E-state index < -0.39 is 0 Å². The maximum atomic E-state index is 4.66. The highest BCUT2D eigenvalue weighted by Gasteiger charge is 1.99. The minimum Gasteiger partial charge on any atom is -0.357 e. The molecule has 0 aliphatic carbocycles. The number of unbranched alkanes of at least 4 members (excludes halogenated alkanes) is 2. The Balaban J connectivity index is 0.00000484. The predicted octanol–water partition coefficient (Wildman–Crippen LogP) is 3.61. The molecule has 0 atom stereocenters. The zero-order chi connectivity index (χ0) is 16.2. The van der Waals surface area contributed by atoms with Crippen molar-refractivity contribution in [1.29, 1.82) is 0 Å². The molecule has 0 saturated carbocycles. The lowest BCUT2D eigenvalue weighted by atomic mass is 10.1. The Kier molecular flexibility index (Phi) is 13.1.